The van der Waals surface area contributed by atoms with Gasteiger partial charge in [-0.15, -0.1) is 0 Å². The fraction of sp³-hybridized carbons (Fsp3) is 0.538. The second kappa shape index (κ2) is 6.98. The molecule has 19 heavy (non-hydrogen) atoms. The Bertz CT molecular complexity index is 517. The van der Waals surface area contributed by atoms with Gasteiger partial charge in [-0.25, -0.2) is 17.5 Å². The van der Waals surface area contributed by atoms with Gasteiger partial charge in [0.1, 0.15) is 5.82 Å². The van der Waals surface area contributed by atoms with E-state index in [1.165, 1.54) is 18.2 Å². The SMILES string of the molecule is CCCC(CC)NS(=O)(=O)c1cccc(F)c1CN. The highest BCUT2D eigenvalue weighted by Gasteiger charge is 2.22. The summed E-state index contributed by atoms with van der Waals surface area (Å²) in [6.07, 6.45) is 2.33. The van der Waals surface area contributed by atoms with Crippen molar-refractivity contribution < 1.29 is 12.8 Å². The highest BCUT2D eigenvalue weighted by Crippen LogP contribution is 2.19. The molecule has 0 amide bonds. The molecule has 0 aromatic heterocycles. The van der Waals surface area contributed by atoms with Gasteiger partial charge in [-0.05, 0) is 25.0 Å². The molecule has 0 heterocycles. The Morgan fingerprint density at radius 3 is 2.58 bits per heavy atom. The number of hydrogen-bond acceptors (Lipinski definition) is 3. The van der Waals surface area contributed by atoms with Crippen molar-refractivity contribution in [2.75, 3.05) is 0 Å². The fourth-order valence-electron chi connectivity index (χ4n) is 1.97. The van der Waals surface area contributed by atoms with Crippen LogP contribution in [0.3, 0.4) is 0 Å². The van der Waals surface area contributed by atoms with Crippen LogP contribution in [-0.2, 0) is 16.6 Å². The van der Waals surface area contributed by atoms with Crippen LogP contribution in [-0.4, -0.2) is 14.5 Å². The van der Waals surface area contributed by atoms with Crippen LogP contribution in [0.15, 0.2) is 23.1 Å². The minimum absolute atomic E-state index is 0.0290. The summed E-state index contributed by atoms with van der Waals surface area (Å²) in [5, 5.41) is 0. The zero-order chi connectivity index (χ0) is 14.5. The summed E-state index contributed by atoms with van der Waals surface area (Å²) in [5.41, 5.74) is 5.47. The summed E-state index contributed by atoms with van der Waals surface area (Å²) >= 11 is 0. The first-order chi connectivity index (χ1) is 8.96. The quantitative estimate of drug-likeness (QED) is 0.807. The fourth-order valence-corrected chi connectivity index (χ4v) is 3.58. The number of benzene rings is 1. The van der Waals surface area contributed by atoms with Gasteiger partial charge in [0.15, 0.2) is 0 Å². The third kappa shape index (κ3) is 3.99. The van der Waals surface area contributed by atoms with Gasteiger partial charge in [0, 0.05) is 18.2 Å². The Labute approximate surface area is 114 Å². The van der Waals surface area contributed by atoms with Crippen LogP contribution in [0.1, 0.15) is 38.7 Å². The lowest BCUT2D eigenvalue weighted by Gasteiger charge is -2.17. The third-order valence-electron chi connectivity index (χ3n) is 3.02. The van der Waals surface area contributed by atoms with Crippen molar-refractivity contribution >= 4 is 10.0 Å². The number of nitrogens with two attached hydrogens (primary N) is 1. The van der Waals surface area contributed by atoms with Crippen LogP contribution in [0, 0.1) is 5.82 Å². The van der Waals surface area contributed by atoms with Crippen molar-refractivity contribution in [3.63, 3.8) is 0 Å². The molecule has 0 saturated carbocycles. The molecule has 0 spiro atoms. The van der Waals surface area contributed by atoms with Crippen LogP contribution in [0.2, 0.25) is 0 Å². The van der Waals surface area contributed by atoms with E-state index in [4.69, 9.17) is 5.73 Å². The molecule has 1 rings (SSSR count). The highest BCUT2D eigenvalue weighted by atomic mass is 32.2. The molecule has 1 aromatic carbocycles. The average Bonchev–Trinajstić information content (AvgIpc) is 2.37. The first-order valence-electron chi connectivity index (χ1n) is 6.46. The van der Waals surface area contributed by atoms with Crippen molar-refractivity contribution in [1.29, 1.82) is 0 Å². The number of nitrogens with one attached hydrogen (secondary N) is 1. The maximum Gasteiger partial charge on any atom is 0.241 e. The van der Waals surface area contributed by atoms with E-state index in [0.29, 0.717) is 6.42 Å². The summed E-state index contributed by atoms with van der Waals surface area (Å²) < 4.78 is 40.7. The monoisotopic (exact) mass is 288 g/mol. The summed E-state index contributed by atoms with van der Waals surface area (Å²) in [6, 6.07) is 3.84. The Hall–Kier alpha value is -0.980. The Morgan fingerprint density at radius 2 is 2.05 bits per heavy atom. The van der Waals surface area contributed by atoms with E-state index in [9.17, 15) is 12.8 Å². The summed E-state index contributed by atoms with van der Waals surface area (Å²) in [7, 11) is -3.73. The number of sulfonamides is 1. The van der Waals surface area contributed by atoms with E-state index in [-0.39, 0.29) is 23.0 Å². The van der Waals surface area contributed by atoms with Crippen molar-refractivity contribution in [3.05, 3.63) is 29.6 Å². The zero-order valence-electron chi connectivity index (χ0n) is 11.3. The van der Waals surface area contributed by atoms with Crippen LogP contribution in [0.5, 0.6) is 0 Å². The summed E-state index contributed by atoms with van der Waals surface area (Å²) in [6.45, 7) is 3.76. The number of halogens is 1. The molecule has 1 atom stereocenters. The van der Waals surface area contributed by atoms with Crippen LogP contribution < -0.4 is 10.5 Å². The molecule has 3 N–H and O–H groups in total. The lowest BCUT2D eigenvalue weighted by molar-refractivity contribution is 0.510. The standard InChI is InChI=1S/C13H21FN2O2S/c1-3-6-10(4-2)16-19(17,18)13-8-5-7-12(14)11(13)9-15/h5,7-8,10,16H,3-4,6,9,15H2,1-2H3. The van der Waals surface area contributed by atoms with Crippen molar-refractivity contribution in [1.82, 2.24) is 4.72 Å². The maximum atomic E-state index is 13.6. The van der Waals surface area contributed by atoms with Gasteiger partial charge >= 0.3 is 0 Å². The smallest absolute Gasteiger partial charge is 0.241 e. The van der Waals surface area contributed by atoms with Crippen LogP contribution in [0.25, 0.3) is 0 Å². The first kappa shape index (κ1) is 16.1. The van der Waals surface area contributed by atoms with Gasteiger partial charge in [0.05, 0.1) is 4.90 Å². The topological polar surface area (TPSA) is 72.2 Å². The molecular weight excluding hydrogens is 267 g/mol. The molecule has 0 aliphatic carbocycles. The van der Waals surface area contributed by atoms with Gasteiger partial charge in [0.2, 0.25) is 10.0 Å². The third-order valence-corrected chi connectivity index (χ3v) is 4.63. The minimum atomic E-state index is -3.73. The molecule has 0 saturated heterocycles. The Morgan fingerprint density at radius 1 is 1.37 bits per heavy atom. The number of hydrogen-bond donors (Lipinski definition) is 2. The largest absolute Gasteiger partial charge is 0.326 e. The maximum absolute atomic E-state index is 13.6. The van der Waals surface area contributed by atoms with Gasteiger partial charge < -0.3 is 5.73 Å². The summed E-state index contributed by atoms with van der Waals surface area (Å²) in [5.74, 6) is -0.589. The van der Waals surface area contributed by atoms with Gasteiger partial charge in [-0.3, -0.25) is 0 Å². The predicted molar refractivity (Wildman–Crippen MR) is 73.6 cm³/mol. The zero-order valence-corrected chi connectivity index (χ0v) is 12.1. The molecule has 6 heteroatoms. The molecular formula is C13H21FN2O2S. The normalized spacial score (nSPS) is 13.5. The molecule has 108 valence electrons. The molecule has 0 bridgehead atoms. The highest BCUT2D eigenvalue weighted by molar-refractivity contribution is 7.89. The van der Waals surface area contributed by atoms with Gasteiger partial charge in [-0.2, -0.15) is 0 Å². The van der Waals surface area contributed by atoms with E-state index in [0.717, 1.165) is 12.8 Å². The second-order valence-electron chi connectivity index (χ2n) is 4.44. The van der Waals surface area contributed by atoms with Crippen LogP contribution >= 0.6 is 0 Å². The van der Waals surface area contributed by atoms with E-state index >= 15 is 0 Å². The van der Waals surface area contributed by atoms with Gasteiger partial charge in [-0.1, -0.05) is 26.3 Å². The van der Waals surface area contributed by atoms with E-state index in [2.05, 4.69) is 4.72 Å². The molecule has 0 radical (unpaired) electrons. The molecule has 0 aliphatic heterocycles. The molecule has 0 aliphatic rings. The predicted octanol–water partition coefficient (Wildman–Crippen LogP) is 2.14. The lowest BCUT2D eigenvalue weighted by atomic mass is 10.1. The number of rotatable bonds is 7. The van der Waals surface area contributed by atoms with Crippen LogP contribution in [0.4, 0.5) is 4.39 Å². The molecule has 1 unspecified atom stereocenters. The van der Waals surface area contributed by atoms with Crippen molar-refractivity contribution in [2.24, 2.45) is 5.73 Å². The summed E-state index contributed by atoms with van der Waals surface area (Å²) in [4.78, 5) is -0.0652. The molecule has 1 aromatic rings. The first-order valence-corrected chi connectivity index (χ1v) is 7.94. The average molecular weight is 288 g/mol. The van der Waals surface area contributed by atoms with E-state index < -0.39 is 15.8 Å². The Kier molecular flexibility index (Phi) is 5.90. The Balaban J connectivity index is 3.10. The lowest BCUT2D eigenvalue weighted by Crippen LogP contribution is -2.35. The molecule has 4 nitrogen and oxygen atoms in total. The molecule has 0 fully saturated rings. The minimum Gasteiger partial charge on any atom is -0.326 e. The van der Waals surface area contributed by atoms with Crippen molar-refractivity contribution in [2.45, 2.75) is 50.6 Å². The van der Waals surface area contributed by atoms with E-state index in [1.54, 1.807) is 0 Å². The van der Waals surface area contributed by atoms with E-state index in [1.807, 2.05) is 13.8 Å². The second-order valence-corrected chi connectivity index (χ2v) is 6.12. The van der Waals surface area contributed by atoms with Gasteiger partial charge in [0.25, 0.3) is 0 Å². The van der Waals surface area contributed by atoms with Crippen molar-refractivity contribution in [3.8, 4) is 0 Å².